The van der Waals surface area contributed by atoms with Crippen molar-refractivity contribution in [3.63, 3.8) is 0 Å². The molecule has 2 aromatic carbocycles. The Bertz CT molecular complexity index is 882. The number of nitro benzene ring substituents is 1. The van der Waals surface area contributed by atoms with Gasteiger partial charge in [-0.15, -0.1) is 0 Å². The summed E-state index contributed by atoms with van der Waals surface area (Å²) in [5, 5.41) is 27.2. The molecule has 3 rings (SSSR count). The summed E-state index contributed by atoms with van der Waals surface area (Å²) >= 11 is 3.33. The third kappa shape index (κ3) is 3.18. The number of carbonyl (C=O) groups excluding carboxylic acids is 1. The Kier molecular flexibility index (Phi) is 4.40. The van der Waals surface area contributed by atoms with Gasteiger partial charge in [0.05, 0.1) is 4.92 Å². The molecule has 1 unspecified atom stereocenters. The van der Waals surface area contributed by atoms with Gasteiger partial charge in [-0.2, -0.15) is 10.1 Å². The summed E-state index contributed by atoms with van der Waals surface area (Å²) in [5.74, 6) is -0.606. The highest BCUT2D eigenvalue weighted by Gasteiger charge is 2.45. The second kappa shape index (κ2) is 6.38. The smallest absolute Gasteiger partial charge is 0.277 e. The second-order valence-corrected chi connectivity index (χ2v) is 6.68. The maximum absolute atomic E-state index is 12.9. The van der Waals surface area contributed by atoms with Crippen molar-refractivity contribution in [2.45, 2.75) is 19.1 Å². The van der Waals surface area contributed by atoms with E-state index in [0.29, 0.717) is 11.3 Å². The molecule has 1 aliphatic heterocycles. The Hall–Kier alpha value is -2.58. The molecule has 1 heterocycles. The number of nitro groups is 1. The highest BCUT2D eigenvalue weighted by Crippen LogP contribution is 2.37. The molecule has 0 saturated heterocycles. The minimum absolute atomic E-state index is 0.0863. The topological polar surface area (TPSA) is 96.0 Å². The number of benzene rings is 2. The molecule has 0 bridgehead atoms. The lowest BCUT2D eigenvalue weighted by Gasteiger charge is -2.31. The quantitative estimate of drug-likeness (QED) is 0.626. The highest BCUT2D eigenvalue weighted by molar-refractivity contribution is 9.10. The van der Waals surface area contributed by atoms with Crippen LogP contribution in [0, 0.1) is 10.1 Å². The van der Waals surface area contributed by atoms with Crippen LogP contribution in [0.4, 0.5) is 5.69 Å². The maximum atomic E-state index is 12.9. The molecule has 1 N–H and O–H groups in total. The lowest BCUT2D eigenvalue weighted by atomic mass is 9.97. The Balaban J connectivity index is 2.01. The third-order valence-corrected chi connectivity index (χ3v) is 4.45. The number of non-ortho nitro benzene ring substituents is 1. The number of rotatable bonds is 3. The molecule has 1 atom stereocenters. The van der Waals surface area contributed by atoms with E-state index in [1.54, 1.807) is 31.2 Å². The van der Waals surface area contributed by atoms with E-state index in [2.05, 4.69) is 21.0 Å². The van der Waals surface area contributed by atoms with Gasteiger partial charge in [0.1, 0.15) is 0 Å². The summed E-state index contributed by atoms with van der Waals surface area (Å²) in [7, 11) is 0. The molecule has 0 radical (unpaired) electrons. The first-order valence-corrected chi connectivity index (χ1v) is 8.22. The fraction of sp³-hybridized carbons (Fsp3) is 0.176. The SMILES string of the molecule is CC1=NN(C(=O)c2cccc([N+](=O)[O-])c2)C(O)(c2ccc(Br)cc2)C1. The Morgan fingerprint density at radius 2 is 2.00 bits per heavy atom. The third-order valence-electron chi connectivity index (χ3n) is 3.93. The van der Waals surface area contributed by atoms with Crippen LogP contribution in [0.15, 0.2) is 58.1 Å². The number of carbonyl (C=O) groups is 1. The summed E-state index contributed by atoms with van der Waals surface area (Å²) in [6.45, 7) is 1.71. The number of nitrogens with zero attached hydrogens (tertiary/aromatic N) is 3. The minimum atomic E-state index is -1.63. The molecule has 0 aromatic heterocycles. The first-order chi connectivity index (χ1) is 11.8. The summed E-state index contributed by atoms with van der Waals surface area (Å²) in [5.41, 5.74) is -0.646. The Labute approximate surface area is 151 Å². The van der Waals surface area contributed by atoms with Crippen LogP contribution in [0.25, 0.3) is 0 Å². The van der Waals surface area contributed by atoms with Crippen molar-refractivity contribution in [2.24, 2.45) is 5.10 Å². The molecular formula is C17H14BrN3O4. The lowest BCUT2D eigenvalue weighted by molar-refractivity contribution is -0.384. The largest absolute Gasteiger partial charge is 0.365 e. The molecular weight excluding hydrogens is 390 g/mol. The van der Waals surface area contributed by atoms with E-state index in [1.807, 2.05) is 0 Å². The Morgan fingerprint density at radius 1 is 1.32 bits per heavy atom. The molecule has 0 fully saturated rings. The predicted molar refractivity (Wildman–Crippen MR) is 95.0 cm³/mol. The first-order valence-electron chi connectivity index (χ1n) is 7.43. The summed E-state index contributed by atoms with van der Waals surface area (Å²) in [6, 6.07) is 12.3. The molecule has 128 valence electrons. The van der Waals surface area contributed by atoms with E-state index in [4.69, 9.17) is 0 Å². The second-order valence-electron chi connectivity index (χ2n) is 5.76. The van der Waals surface area contributed by atoms with Crippen LogP contribution < -0.4 is 0 Å². The Morgan fingerprint density at radius 3 is 2.64 bits per heavy atom. The van der Waals surface area contributed by atoms with E-state index in [-0.39, 0.29) is 17.7 Å². The molecule has 0 spiro atoms. The van der Waals surface area contributed by atoms with Gasteiger partial charge >= 0.3 is 0 Å². The number of halogens is 1. The van der Waals surface area contributed by atoms with Gasteiger partial charge in [0.25, 0.3) is 11.6 Å². The standard InChI is InChI=1S/C17H14BrN3O4/c1-11-10-17(23,13-5-7-14(18)8-6-13)20(19-11)16(22)12-3-2-4-15(9-12)21(24)25/h2-9,23H,10H2,1H3. The van der Waals surface area contributed by atoms with Crippen molar-refractivity contribution in [3.05, 3.63) is 74.2 Å². The fourth-order valence-corrected chi connectivity index (χ4v) is 3.01. The average molecular weight is 404 g/mol. The summed E-state index contributed by atoms with van der Waals surface area (Å²) in [6.07, 6.45) is 0.162. The molecule has 8 heteroatoms. The molecule has 1 aliphatic rings. The zero-order valence-corrected chi connectivity index (χ0v) is 14.8. The van der Waals surface area contributed by atoms with Gasteiger partial charge in [-0.25, -0.2) is 0 Å². The van der Waals surface area contributed by atoms with E-state index in [0.717, 1.165) is 9.48 Å². The minimum Gasteiger partial charge on any atom is -0.365 e. The van der Waals surface area contributed by atoms with E-state index in [1.165, 1.54) is 24.3 Å². The van der Waals surface area contributed by atoms with E-state index >= 15 is 0 Å². The van der Waals surface area contributed by atoms with Crippen LogP contribution in [0.3, 0.4) is 0 Å². The van der Waals surface area contributed by atoms with Crippen LogP contribution in [0.2, 0.25) is 0 Å². The van der Waals surface area contributed by atoms with Gasteiger partial charge in [-0.1, -0.05) is 34.1 Å². The van der Waals surface area contributed by atoms with Crippen molar-refractivity contribution in [2.75, 3.05) is 0 Å². The normalized spacial score (nSPS) is 19.6. The van der Waals surface area contributed by atoms with Crippen LogP contribution in [0.5, 0.6) is 0 Å². The van der Waals surface area contributed by atoms with Gasteiger partial charge in [0.15, 0.2) is 5.72 Å². The highest BCUT2D eigenvalue weighted by atomic mass is 79.9. The van der Waals surface area contributed by atoms with Crippen LogP contribution in [-0.2, 0) is 5.72 Å². The van der Waals surface area contributed by atoms with Gasteiger partial charge < -0.3 is 5.11 Å². The molecule has 2 aromatic rings. The van der Waals surface area contributed by atoms with Crippen molar-refractivity contribution in [1.29, 1.82) is 0 Å². The van der Waals surface area contributed by atoms with E-state index in [9.17, 15) is 20.0 Å². The predicted octanol–water partition coefficient (Wildman–Crippen LogP) is 3.42. The molecule has 0 aliphatic carbocycles. The van der Waals surface area contributed by atoms with Crippen LogP contribution >= 0.6 is 15.9 Å². The van der Waals surface area contributed by atoms with Gasteiger partial charge in [-0.3, -0.25) is 14.9 Å². The van der Waals surface area contributed by atoms with Gasteiger partial charge in [-0.05, 0) is 25.1 Å². The van der Waals surface area contributed by atoms with Crippen LogP contribution in [-0.4, -0.2) is 26.7 Å². The molecule has 1 amide bonds. The monoisotopic (exact) mass is 403 g/mol. The number of aliphatic hydroxyl groups is 1. The first kappa shape index (κ1) is 17.2. The van der Waals surface area contributed by atoms with Crippen molar-refractivity contribution < 1.29 is 14.8 Å². The molecule has 25 heavy (non-hydrogen) atoms. The average Bonchev–Trinajstić information content (AvgIpc) is 2.90. The van der Waals surface area contributed by atoms with Crippen molar-refractivity contribution in [1.82, 2.24) is 5.01 Å². The number of hydrogen-bond acceptors (Lipinski definition) is 5. The zero-order valence-electron chi connectivity index (χ0n) is 13.2. The lowest BCUT2D eigenvalue weighted by Crippen LogP contribution is -2.43. The number of amides is 1. The molecule has 7 nitrogen and oxygen atoms in total. The fourth-order valence-electron chi connectivity index (χ4n) is 2.75. The van der Waals surface area contributed by atoms with E-state index < -0.39 is 16.6 Å². The number of hydrogen-bond donors (Lipinski definition) is 1. The van der Waals surface area contributed by atoms with Gasteiger partial charge in [0, 0.05) is 39.9 Å². The molecule has 0 saturated carbocycles. The summed E-state index contributed by atoms with van der Waals surface area (Å²) in [4.78, 5) is 23.2. The number of hydrazone groups is 1. The summed E-state index contributed by atoms with van der Waals surface area (Å²) < 4.78 is 0.840. The van der Waals surface area contributed by atoms with Crippen molar-refractivity contribution in [3.8, 4) is 0 Å². The van der Waals surface area contributed by atoms with Crippen molar-refractivity contribution >= 4 is 33.2 Å². The zero-order chi connectivity index (χ0) is 18.2. The van der Waals surface area contributed by atoms with Crippen LogP contribution in [0.1, 0.15) is 29.3 Å². The maximum Gasteiger partial charge on any atom is 0.277 e. The van der Waals surface area contributed by atoms with Gasteiger partial charge in [0.2, 0.25) is 0 Å².